The van der Waals surface area contributed by atoms with Crippen molar-refractivity contribution in [3.8, 4) is 0 Å². The van der Waals surface area contributed by atoms with E-state index in [0.717, 1.165) is 12.8 Å². The van der Waals surface area contributed by atoms with Gasteiger partial charge >= 0.3 is 0 Å². The van der Waals surface area contributed by atoms with Gasteiger partial charge in [-0.1, -0.05) is 13.8 Å². The van der Waals surface area contributed by atoms with E-state index in [9.17, 15) is 8.42 Å². The molecular formula is C9H22N2O2S. The molecule has 0 aliphatic rings. The maximum atomic E-state index is 11.3. The van der Waals surface area contributed by atoms with Crippen LogP contribution in [0.5, 0.6) is 0 Å². The molecule has 4 nitrogen and oxygen atoms in total. The zero-order valence-electron chi connectivity index (χ0n) is 9.45. The van der Waals surface area contributed by atoms with Gasteiger partial charge in [-0.15, -0.1) is 0 Å². The molecule has 14 heavy (non-hydrogen) atoms. The second-order valence-electron chi connectivity index (χ2n) is 4.28. The summed E-state index contributed by atoms with van der Waals surface area (Å²) in [6, 6.07) is -0.146. The van der Waals surface area contributed by atoms with E-state index in [-0.39, 0.29) is 6.04 Å². The minimum Gasteiger partial charge on any atom is -0.271 e. The maximum Gasteiger partial charge on any atom is 0.151 e. The molecule has 0 aromatic rings. The lowest BCUT2D eigenvalue weighted by atomic mass is 10.0. The van der Waals surface area contributed by atoms with Crippen LogP contribution >= 0.6 is 0 Å². The first kappa shape index (κ1) is 13.9. The van der Waals surface area contributed by atoms with Crippen LogP contribution in [0.3, 0.4) is 0 Å². The van der Waals surface area contributed by atoms with Crippen LogP contribution in [0.2, 0.25) is 0 Å². The van der Waals surface area contributed by atoms with Crippen LogP contribution in [-0.4, -0.2) is 26.0 Å². The number of hydrogen-bond donors (Lipinski definition) is 2. The highest BCUT2D eigenvalue weighted by Gasteiger charge is 2.24. The van der Waals surface area contributed by atoms with Crippen molar-refractivity contribution < 1.29 is 8.42 Å². The fraction of sp³-hybridized carbons (Fsp3) is 1.00. The van der Waals surface area contributed by atoms with Gasteiger partial charge in [0.1, 0.15) is 0 Å². The molecule has 0 saturated heterocycles. The van der Waals surface area contributed by atoms with Gasteiger partial charge in [-0.2, -0.15) is 0 Å². The van der Waals surface area contributed by atoms with Crippen LogP contribution in [0.4, 0.5) is 0 Å². The van der Waals surface area contributed by atoms with Gasteiger partial charge in [-0.3, -0.25) is 11.3 Å². The molecule has 0 saturated carbocycles. The molecule has 86 valence electrons. The van der Waals surface area contributed by atoms with Gasteiger partial charge in [-0.05, 0) is 25.7 Å². The molecule has 0 bridgehead atoms. The maximum absolute atomic E-state index is 11.3. The number of sulfone groups is 1. The Labute approximate surface area is 87.1 Å². The average molecular weight is 222 g/mol. The smallest absolute Gasteiger partial charge is 0.151 e. The highest BCUT2D eigenvalue weighted by molar-refractivity contribution is 7.91. The Balaban J connectivity index is 4.27. The summed E-state index contributed by atoms with van der Waals surface area (Å²) in [5, 5.41) is -0.425. The summed E-state index contributed by atoms with van der Waals surface area (Å²) in [6.07, 6.45) is 3.02. The summed E-state index contributed by atoms with van der Waals surface area (Å²) in [7, 11) is -3.00. The molecule has 5 heteroatoms. The predicted octanol–water partition coefficient (Wildman–Crippen LogP) is 0.688. The van der Waals surface area contributed by atoms with E-state index >= 15 is 0 Å². The summed E-state index contributed by atoms with van der Waals surface area (Å²) in [5.41, 5.74) is 2.58. The highest BCUT2D eigenvalue weighted by atomic mass is 32.2. The van der Waals surface area contributed by atoms with E-state index < -0.39 is 15.1 Å². The molecular weight excluding hydrogens is 200 g/mol. The first-order valence-corrected chi connectivity index (χ1v) is 6.89. The molecule has 0 radical (unpaired) electrons. The van der Waals surface area contributed by atoms with Crippen molar-refractivity contribution in [2.24, 2.45) is 11.8 Å². The molecule has 3 N–H and O–H groups in total. The lowest BCUT2D eigenvalue weighted by Crippen LogP contribution is -2.45. The highest BCUT2D eigenvalue weighted by Crippen LogP contribution is 2.13. The first-order chi connectivity index (χ1) is 6.29. The third-order valence-electron chi connectivity index (χ3n) is 2.51. The summed E-state index contributed by atoms with van der Waals surface area (Å²) < 4.78 is 22.6. The summed E-state index contributed by atoms with van der Waals surface area (Å²) >= 11 is 0. The van der Waals surface area contributed by atoms with Gasteiger partial charge in [0, 0.05) is 12.3 Å². The topological polar surface area (TPSA) is 72.2 Å². The van der Waals surface area contributed by atoms with Crippen LogP contribution in [-0.2, 0) is 9.84 Å². The van der Waals surface area contributed by atoms with Crippen molar-refractivity contribution in [3.05, 3.63) is 0 Å². The molecule has 0 aliphatic heterocycles. The Morgan fingerprint density at radius 1 is 1.21 bits per heavy atom. The van der Waals surface area contributed by atoms with Gasteiger partial charge in [0.2, 0.25) is 0 Å². The molecule has 0 rings (SSSR count). The van der Waals surface area contributed by atoms with E-state index in [2.05, 4.69) is 19.3 Å². The molecule has 0 amide bonds. The van der Waals surface area contributed by atoms with E-state index in [1.54, 1.807) is 6.92 Å². The van der Waals surface area contributed by atoms with Crippen LogP contribution in [0.25, 0.3) is 0 Å². The van der Waals surface area contributed by atoms with Crippen molar-refractivity contribution in [3.63, 3.8) is 0 Å². The summed E-state index contributed by atoms with van der Waals surface area (Å²) in [5.74, 6) is 5.91. The number of hydrazine groups is 1. The molecule has 0 aromatic carbocycles. The van der Waals surface area contributed by atoms with Crippen molar-refractivity contribution in [1.29, 1.82) is 0 Å². The van der Waals surface area contributed by atoms with E-state index in [4.69, 9.17) is 5.84 Å². The number of hydrogen-bond acceptors (Lipinski definition) is 4. The lowest BCUT2D eigenvalue weighted by molar-refractivity contribution is 0.424. The normalized spacial score (nSPS) is 17.0. The van der Waals surface area contributed by atoms with Gasteiger partial charge < -0.3 is 0 Å². The molecule has 0 fully saturated rings. The summed E-state index contributed by atoms with van der Waals surface area (Å²) in [4.78, 5) is 0. The summed E-state index contributed by atoms with van der Waals surface area (Å²) in [6.45, 7) is 5.91. The third-order valence-corrected chi connectivity index (χ3v) is 4.19. The van der Waals surface area contributed by atoms with Crippen LogP contribution in [0.15, 0.2) is 0 Å². The van der Waals surface area contributed by atoms with E-state index in [1.165, 1.54) is 6.26 Å². The monoisotopic (exact) mass is 222 g/mol. The molecule has 0 heterocycles. The lowest BCUT2D eigenvalue weighted by Gasteiger charge is -2.22. The van der Waals surface area contributed by atoms with Gasteiger partial charge in [-0.25, -0.2) is 8.42 Å². The third kappa shape index (κ3) is 4.93. The van der Waals surface area contributed by atoms with Crippen molar-refractivity contribution in [2.45, 2.75) is 44.9 Å². The molecule has 0 aromatic heterocycles. The number of nitrogens with one attached hydrogen (secondary N) is 1. The Kier molecular flexibility index (Phi) is 5.63. The largest absolute Gasteiger partial charge is 0.271 e. The van der Waals surface area contributed by atoms with E-state index in [1.807, 2.05) is 0 Å². The Bertz CT molecular complexity index is 250. The van der Waals surface area contributed by atoms with Crippen LogP contribution < -0.4 is 11.3 Å². The van der Waals surface area contributed by atoms with Crippen LogP contribution in [0.1, 0.15) is 33.6 Å². The standard InChI is InChI=1S/C9H22N2O2S/c1-7(2)5-6-9(11-10)8(3)14(4,12)13/h7-9,11H,5-6,10H2,1-4H3. The minimum absolute atomic E-state index is 0.146. The quantitative estimate of drug-likeness (QED) is 0.512. The molecule has 2 unspecified atom stereocenters. The predicted molar refractivity (Wildman–Crippen MR) is 59.5 cm³/mol. The Morgan fingerprint density at radius 3 is 2.00 bits per heavy atom. The van der Waals surface area contributed by atoms with Crippen molar-refractivity contribution in [1.82, 2.24) is 5.43 Å². The Morgan fingerprint density at radius 2 is 1.71 bits per heavy atom. The average Bonchev–Trinajstić information content (AvgIpc) is 2.03. The fourth-order valence-electron chi connectivity index (χ4n) is 1.26. The Hall–Kier alpha value is -0.130. The van der Waals surface area contributed by atoms with Gasteiger partial charge in [0.25, 0.3) is 0 Å². The molecule has 2 atom stereocenters. The minimum atomic E-state index is -3.00. The number of nitrogens with two attached hydrogens (primary N) is 1. The van der Waals surface area contributed by atoms with Crippen molar-refractivity contribution in [2.75, 3.05) is 6.26 Å². The first-order valence-electron chi connectivity index (χ1n) is 4.94. The van der Waals surface area contributed by atoms with E-state index in [0.29, 0.717) is 5.92 Å². The fourth-order valence-corrected chi connectivity index (χ4v) is 2.08. The second-order valence-corrected chi connectivity index (χ2v) is 6.68. The van der Waals surface area contributed by atoms with Gasteiger partial charge in [0.05, 0.1) is 5.25 Å². The number of rotatable bonds is 6. The zero-order valence-corrected chi connectivity index (χ0v) is 10.3. The van der Waals surface area contributed by atoms with Crippen molar-refractivity contribution >= 4 is 9.84 Å². The van der Waals surface area contributed by atoms with Crippen LogP contribution in [0, 0.1) is 5.92 Å². The second kappa shape index (κ2) is 5.68. The molecule has 0 spiro atoms. The SMILES string of the molecule is CC(C)CCC(NN)C(C)S(C)(=O)=O. The van der Waals surface area contributed by atoms with Gasteiger partial charge in [0.15, 0.2) is 9.84 Å². The zero-order chi connectivity index (χ0) is 11.4. The molecule has 0 aliphatic carbocycles.